The molecular weight excluding hydrogens is 238 g/mol. The van der Waals surface area contributed by atoms with Crippen LogP contribution >= 0.6 is 0 Å². The molecule has 2 aliphatic rings. The van der Waals surface area contributed by atoms with Crippen LogP contribution in [0.2, 0.25) is 0 Å². The number of amides is 1. The van der Waals surface area contributed by atoms with Gasteiger partial charge in [0.15, 0.2) is 0 Å². The number of fused-ring (bicyclic) bond motifs is 2. The Balaban J connectivity index is 1.66. The van der Waals surface area contributed by atoms with E-state index in [9.17, 15) is 9.90 Å². The fourth-order valence-corrected chi connectivity index (χ4v) is 3.89. The van der Waals surface area contributed by atoms with E-state index < -0.39 is 0 Å². The second kappa shape index (κ2) is 4.87. The van der Waals surface area contributed by atoms with Crippen LogP contribution in [0.4, 0.5) is 0 Å². The van der Waals surface area contributed by atoms with Crippen molar-refractivity contribution in [1.82, 2.24) is 4.90 Å². The van der Waals surface area contributed by atoms with E-state index in [4.69, 9.17) is 0 Å². The summed E-state index contributed by atoms with van der Waals surface area (Å²) in [6.07, 6.45) is 5.37. The van der Waals surface area contributed by atoms with Gasteiger partial charge in [-0.25, -0.2) is 0 Å². The zero-order valence-electron chi connectivity index (χ0n) is 11.4. The lowest BCUT2D eigenvalue weighted by Gasteiger charge is -2.27. The first-order valence-corrected chi connectivity index (χ1v) is 7.18. The van der Waals surface area contributed by atoms with Crippen LogP contribution in [0, 0.1) is 17.8 Å². The molecule has 102 valence electrons. The Kier molecular flexibility index (Phi) is 3.21. The quantitative estimate of drug-likeness (QED) is 0.906. The lowest BCUT2D eigenvalue weighted by molar-refractivity contribution is 0.0751. The predicted octanol–water partition coefficient (Wildman–Crippen LogP) is 2.90. The molecule has 2 aliphatic carbocycles. The normalized spacial score (nSPS) is 28.6. The number of para-hydroxylation sites is 1. The molecule has 2 fully saturated rings. The number of rotatable bonds is 3. The van der Waals surface area contributed by atoms with E-state index >= 15 is 0 Å². The van der Waals surface area contributed by atoms with Crippen LogP contribution in [-0.2, 0) is 0 Å². The van der Waals surface area contributed by atoms with Gasteiger partial charge in [0.25, 0.3) is 5.91 Å². The van der Waals surface area contributed by atoms with Crippen molar-refractivity contribution in [2.75, 3.05) is 13.6 Å². The van der Waals surface area contributed by atoms with Crippen LogP contribution in [0.1, 0.15) is 36.0 Å². The molecule has 0 spiro atoms. The summed E-state index contributed by atoms with van der Waals surface area (Å²) in [5, 5.41) is 9.75. The number of nitrogens with zero attached hydrogens (tertiary/aromatic N) is 1. The van der Waals surface area contributed by atoms with Crippen LogP contribution in [0.3, 0.4) is 0 Å². The molecule has 0 aromatic heterocycles. The largest absolute Gasteiger partial charge is 0.507 e. The highest BCUT2D eigenvalue weighted by molar-refractivity contribution is 5.96. The maximum absolute atomic E-state index is 12.3. The van der Waals surface area contributed by atoms with Crippen molar-refractivity contribution in [2.24, 2.45) is 17.8 Å². The molecule has 0 radical (unpaired) electrons. The van der Waals surface area contributed by atoms with Gasteiger partial charge >= 0.3 is 0 Å². The molecule has 0 aliphatic heterocycles. The van der Waals surface area contributed by atoms with Gasteiger partial charge in [0.2, 0.25) is 0 Å². The van der Waals surface area contributed by atoms with Gasteiger partial charge in [-0.1, -0.05) is 18.6 Å². The number of hydrogen-bond donors (Lipinski definition) is 1. The van der Waals surface area contributed by atoms with Crippen LogP contribution in [0.5, 0.6) is 5.75 Å². The molecule has 1 aromatic carbocycles. The molecule has 1 aromatic rings. The third-order valence-corrected chi connectivity index (χ3v) is 4.87. The smallest absolute Gasteiger partial charge is 0.257 e. The molecule has 2 bridgehead atoms. The Morgan fingerprint density at radius 2 is 2.11 bits per heavy atom. The molecule has 3 atom stereocenters. The molecule has 3 nitrogen and oxygen atoms in total. The number of hydrogen-bond acceptors (Lipinski definition) is 2. The van der Waals surface area contributed by atoms with Crippen molar-refractivity contribution in [3.05, 3.63) is 29.8 Å². The minimum Gasteiger partial charge on any atom is -0.507 e. The lowest BCUT2D eigenvalue weighted by atomic mass is 9.88. The summed E-state index contributed by atoms with van der Waals surface area (Å²) in [5.74, 6) is 2.40. The van der Waals surface area contributed by atoms with Crippen LogP contribution < -0.4 is 0 Å². The molecule has 0 saturated heterocycles. The number of carbonyl (C=O) groups excluding carboxylic acids is 1. The van der Waals surface area contributed by atoms with E-state index in [-0.39, 0.29) is 11.7 Å². The number of benzene rings is 1. The van der Waals surface area contributed by atoms with Gasteiger partial charge in [-0.2, -0.15) is 0 Å². The number of phenolic OH excluding ortho intramolecular Hbond substituents is 1. The van der Waals surface area contributed by atoms with Gasteiger partial charge in [0.1, 0.15) is 5.75 Å². The maximum Gasteiger partial charge on any atom is 0.257 e. The predicted molar refractivity (Wildman–Crippen MR) is 74.0 cm³/mol. The Morgan fingerprint density at radius 3 is 2.74 bits per heavy atom. The highest BCUT2D eigenvalue weighted by Crippen LogP contribution is 2.48. The average Bonchev–Trinajstić information content (AvgIpc) is 3.00. The van der Waals surface area contributed by atoms with E-state index in [0.29, 0.717) is 11.5 Å². The summed E-state index contributed by atoms with van der Waals surface area (Å²) in [4.78, 5) is 14.1. The molecule has 1 N–H and O–H groups in total. The number of carbonyl (C=O) groups is 1. The minimum atomic E-state index is -0.0686. The fourth-order valence-electron chi connectivity index (χ4n) is 3.89. The summed E-state index contributed by atoms with van der Waals surface area (Å²) in [6.45, 7) is 0.828. The minimum absolute atomic E-state index is 0.0686. The number of aromatic hydroxyl groups is 1. The maximum atomic E-state index is 12.3. The van der Waals surface area contributed by atoms with Crippen molar-refractivity contribution >= 4 is 5.91 Å². The second-order valence-corrected chi connectivity index (χ2v) is 6.14. The van der Waals surface area contributed by atoms with Gasteiger partial charge in [0.05, 0.1) is 5.56 Å². The Hall–Kier alpha value is -1.51. The zero-order valence-corrected chi connectivity index (χ0v) is 11.4. The zero-order chi connectivity index (χ0) is 13.4. The fraction of sp³-hybridized carbons (Fsp3) is 0.562. The molecule has 1 amide bonds. The molecule has 0 heterocycles. The lowest BCUT2D eigenvalue weighted by Crippen LogP contribution is -2.33. The highest BCUT2D eigenvalue weighted by atomic mass is 16.3. The summed E-state index contributed by atoms with van der Waals surface area (Å²) in [5.41, 5.74) is 0.410. The van der Waals surface area contributed by atoms with Crippen molar-refractivity contribution in [1.29, 1.82) is 0 Å². The first-order valence-electron chi connectivity index (χ1n) is 7.18. The molecule has 3 rings (SSSR count). The molecule has 3 heteroatoms. The number of phenols is 1. The van der Waals surface area contributed by atoms with E-state index in [1.807, 2.05) is 7.05 Å². The third kappa shape index (κ3) is 2.34. The van der Waals surface area contributed by atoms with Crippen LogP contribution in [0.15, 0.2) is 24.3 Å². The van der Waals surface area contributed by atoms with E-state index in [1.54, 1.807) is 29.2 Å². The van der Waals surface area contributed by atoms with E-state index in [1.165, 1.54) is 25.7 Å². The van der Waals surface area contributed by atoms with Crippen LogP contribution in [0.25, 0.3) is 0 Å². The monoisotopic (exact) mass is 259 g/mol. The SMILES string of the molecule is CN(CC1CC2CCC1C2)C(=O)c1ccccc1O. The standard InChI is InChI=1S/C16H21NO2/c1-17(10-13-9-11-6-7-12(13)8-11)16(19)14-4-2-3-5-15(14)18/h2-5,11-13,18H,6-10H2,1H3. The summed E-state index contributed by atoms with van der Waals surface area (Å²) < 4.78 is 0. The molecular formula is C16H21NO2. The van der Waals surface area contributed by atoms with E-state index in [0.717, 1.165) is 18.4 Å². The van der Waals surface area contributed by atoms with Crippen molar-refractivity contribution in [3.8, 4) is 5.75 Å². The van der Waals surface area contributed by atoms with Gasteiger partial charge in [-0.15, -0.1) is 0 Å². The van der Waals surface area contributed by atoms with Gasteiger partial charge < -0.3 is 10.0 Å². The first-order chi connectivity index (χ1) is 9.15. The molecule has 19 heavy (non-hydrogen) atoms. The van der Waals surface area contributed by atoms with Gasteiger partial charge in [-0.3, -0.25) is 4.79 Å². The van der Waals surface area contributed by atoms with Crippen molar-refractivity contribution in [3.63, 3.8) is 0 Å². The second-order valence-electron chi connectivity index (χ2n) is 6.14. The Morgan fingerprint density at radius 1 is 1.32 bits per heavy atom. The average molecular weight is 259 g/mol. The summed E-state index contributed by atoms with van der Waals surface area (Å²) in [6, 6.07) is 6.79. The highest BCUT2D eigenvalue weighted by Gasteiger charge is 2.40. The van der Waals surface area contributed by atoms with Crippen molar-refractivity contribution in [2.45, 2.75) is 25.7 Å². The first kappa shape index (κ1) is 12.5. The van der Waals surface area contributed by atoms with Crippen molar-refractivity contribution < 1.29 is 9.90 Å². The summed E-state index contributed by atoms with van der Waals surface area (Å²) in [7, 11) is 1.85. The topological polar surface area (TPSA) is 40.5 Å². The van der Waals surface area contributed by atoms with Gasteiger partial charge in [-0.05, 0) is 49.1 Å². The molecule has 2 saturated carbocycles. The van der Waals surface area contributed by atoms with Crippen LogP contribution in [-0.4, -0.2) is 29.5 Å². The Bertz CT molecular complexity index is 485. The summed E-state index contributed by atoms with van der Waals surface area (Å²) >= 11 is 0. The third-order valence-electron chi connectivity index (χ3n) is 4.87. The molecule has 3 unspecified atom stereocenters. The van der Waals surface area contributed by atoms with E-state index in [2.05, 4.69) is 0 Å². The van der Waals surface area contributed by atoms with Gasteiger partial charge in [0, 0.05) is 13.6 Å². The Labute approximate surface area is 114 Å².